The van der Waals surface area contributed by atoms with Crippen molar-refractivity contribution < 1.29 is 29.0 Å². The third kappa shape index (κ3) is 9.90. The fourth-order valence-corrected chi connectivity index (χ4v) is 5.95. The highest BCUT2D eigenvalue weighted by Gasteiger charge is 2.31. The molecule has 2 fully saturated rings. The van der Waals surface area contributed by atoms with Gasteiger partial charge in [0.2, 0.25) is 5.91 Å². The Morgan fingerprint density at radius 2 is 1.67 bits per heavy atom. The van der Waals surface area contributed by atoms with E-state index in [2.05, 4.69) is 27.4 Å². The minimum atomic E-state index is -1.06. The molecule has 0 radical (unpaired) electrons. The Balaban J connectivity index is 1.48. The summed E-state index contributed by atoms with van der Waals surface area (Å²) in [6.07, 6.45) is 4.14. The number of piperidine rings is 1. The van der Waals surface area contributed by atoms with Gasteiger partial charge in [-0.05, 0) is 57.3 Å². The molecule has 2 aliphatic heterocycles. The molecule has 1 aromatic heterocycles. The van der Waals surface area contributed by atoms with E-state index in [4.69, 9.17) is 4.74 Å². The van der Waals surface area contributed by atoms with Crippen LogP contribution in [0.4, 0.5) is 10.5 Å². The predicted octanol–water partition coefficient (Wildman–Crippen LogP) is 3.62. The van der Waals surface area contributed by atoms with Gasteiger partial charge < -0.3 is 35.2 Å². The number of nitrogens with zero attached hydrogens (tertiary/aromatic N) is 4. The lowest BCUT2D eigenvalue weighted by Gasteiger charge is -2.36. The summed E-state index contributed by atoms with van der Waals surface area (Å²) in [5, 5.41) is 15.4. The molecule has 3 N–H and O–H groups in total. The second-order valence-corrected chi connectivity index (χ2v) is 12.0. The Morgan fingerprint density at radius 3 is 2.33 bits per heavy atom. The van der Waals surface area contributed by atoms with Gasteiger partial charge in [0.25, 0.3) is 5.91 Å². The molecular weight excluding hydrogens is 588 g/mol. The van der Waals surface area contributed by atoms with Gasteiger partial charge in [-0.1, -0.05) is 50.1 Å². The SMILES string of the molecule is CCCCCOC(=O)N1CCN(C(=O)[C@H](CCC(=O)O)NC(=O)c2cc(N3CCC(CNC)CC3)cc(-c3ccccc3)n2)CC1. The smallest absolute Gasteiger partial charge is 0.409 e. The number of carbonyl (C=O) groups is 4. The molecule has 1 atom stereocenters. The van der Waals surface area contributed by atoms with Crippen LogP contribution >= 0.6 is 0 Å². The van der Waals surface area contributed by atoms with Gasteiger partial charge in [0.1, 0.15) is 11.7 Å². The summed E-state index contributed by atoms with van der Waals surface area (Å²) >= 11 is 0. The molecule has 0 unspecified atom stereocenters. The van der Waals surface area contributed by atoms with E-state index >= 15 is 0 Å². The van der Waals surface area contributed by atoms with Crippen LogP contribution in [-0.4, -0.2) is 109 Å². The lowest BCUT2D eigenvalue weighted by Crippen LogP contribution is -2.56. The van der Waals surface area contributed by atoms with E-state index in [1.165, 1.54) is 0 Å². The predicted molar refractivity (Wildman–Crippen MR) is 176 cm³/mol. The number of benzene rings is 1. The summed E-state index contributed by atoms with van der Waals surface area (Å²) in [4.78, 5) is 61.4. The topological polar surface area (TPSA) is 144 Å². The van der Waals surface area contributed by atoms with Gasteiger partial charge in [-0.15, -0.1) is 0 Å². The zero-order chi connectivity index (χ0) is 32.9. The fourth-order valence-electron chi connectivity index (χ4n) is 5.95. The molecular formula is C34H48N6O6. The molecule has 0 bridgehead atoms. The number of carbonyl (C=O) groups excluding carboxylic acids is 3. The Hall–Kier alpha value is -4.19. The van der Waals surface area contributed by atoms with E-state index in [1.54, 1.807) is 15.9 Å². The van der Waals surface area contributed by atoms with Crippen LogP contribution < -0.4 is 15.5 Å². The molecule has 0 spiro atoms. The zero-order valence-corrected chi connectivity index (χ0v) is 27.1. The second kappa shape index (κ2) is 17.5. The van der Waals surface area contributed by atoms with Crippen LogP contribution in [0.5, 0.6) is 0 Å². The van der Waals surface area contributed by atoms with Crippen molar-refractivity contribution in [3.05, 3.63) is 48.2 Å². The number of carboxylic acid groups (broad SMARTS) is 1. The molecule has 3 amide bonds. The van der Waals surface area contributed by atoms with Crippen molar-refractivity contribution in [2.75, 3.05) is 64.4 Å². The molecule has 1 aromatic carbocycles. The molecule has 2 saturated heterocycles. The first-order valence-electron chi connectivity index (χ1n) is 16.5. The number of rotatable bonds is 14. The minimum Gasteiger partial charge on any atom is -0.481 e. The molecule has 12 nitrogen and oxygen atoms in total. The minimum absolute atomic E-state index is 0.0657. The van der Waals surface area contributed by atoms with Gasteiger partial charge in [-0.3, -0.25) is 14.4 Å². The Morgan fingerprint density at radius 1 is 0.978 bits per heavy atom. The van der Waals surface area contributed by atoms with Crippen molar-refractivity contribution in [3.63, 3.8) is 0 Å². The number of piperazine rings is 1. The van der Waals surface area contributed by atoms with E-state index in [1.807, 2.05) is 43.4 Å². The number of pyridine rings is 1. The lowest BCUT2D eigenvalue weighted by atomic mass is 9.96. The molecule has 2 aliphatic rings. The van der Waals surface area contributed by atoms with E-state index in [9.17, 15) is 24.3 Å². The Kier molecular flexibility index (Phi) is 13.2. The third-order valence-electron chi connectivity index (χ3n) is 8.66. The number of aromatic nitrogens is 1. The number of unbranched alkanes of at least 4 members (excludes halogenated alkanes) is 2. The first kappa shape index (κ1) is 34.7. The molecule has 46 heavy (non-hydrogen) atoms. The number of carboxylic acids is 1. The van der Waals surface area contributed by atoms with Crippen LogP contribution in [0.1, 0.15) is 62.4 Å². The van der Waals surface area contributed by atoms with Gasteiger partial charge in [-0.2, -0.15) is 0 Å². The molecule has 3 heterocycles. The quantitative estimate of drug-likeness (QED) is 0.265. The first-order chi connectivity index (χ1) is 22.3. The summed E-state index contributed by atoms with van der Waals surface area (Å²) < 4.78 is 5.35. The van der Waals surface area contributed by atoms with Gasteiger partial charge >= 0.3 is 12.1 Å². The molecule has 12 heteroatoms. The van der Waals surface area contributed by atoms with Crippen LogP contribution in [0.2, 0.25) is 0 Å². The lowest BCUT2D eigenvalue weighted by molar-refractivity contribution is -0.138. The fraction of sp³-hybridized carbons (Fsp3) is 0.559. The maximum atomic E-state index is 13.7. The highest BCUT2D eigenvalue weighted by Crippen LogP contribution is 2.28. The summed E-state index contributed by atoms with van der Waals surface area (Å²) in [7, 11) is 1.97. The Labute approximate surface area is 271 Å². The van der Waals surface area contributed by atoms with Crippen LogP contribution in [0.3, 0.4) is 0 Å². The van der Waals surface area contributed by atoms with Crippen LogP contribution in [0.25, 0.3) is 11.3 Å². The van der Waals surface area contributed by atoms with Crippen LogP contribution in [0.15, 0.2) is 42.5 Å². The maximum Gasteiger partial charge on any atom is 0.409 e. The summed E-state index contributed by atoms with van der Waals surface area (Å²) in [6, 6.07) is 12.3. The molecule has 0 saturated carbocycles. The summed E-state index contributed by atoms with van der Waals surface area (Å²) in [6.45, 7) is 6.24. The number of amides is 3. The average Bonchev–Trinajstić information content (AvgIpc) is 3.08. The molecule has 4 rings (SSSR count). The second-order valence-electron chi connectivity index (χ2n) is 12.0. The number of hydrogen-bond donors (Lipinski definition) is 3. The Bertz CT molecular complexity index is 1310. The van der Waals surface area contributed by atoms with Crippen molar-refractivity contribution in [1.29, 1.82) is 0 Å². The monoisotopic (exact) mass is 636 g/mol. The molecule has 250 valence electrons. The number of hydrogen-bond acceptors (Lipinski definition) is 8. The standard InChI is InChI=1S/C34H48N6O6/c1-3-4-8-21-46-34(45)40-19-17-39(18-20-40)33(44)28(11-12-31(41)42)37-32(43)30-23-27(38-15-13-25(14-16-38)24-35-2)22-29(36-30)26-9-6-5-7-10-26/h5-7,9-10,22-23,25,28,35H,3-4,8,11-21,24H2,1-2H3,(H,37,43)(H,41,42)/t28-/m0/s1. The van der Waals surface area contributed by atoms with E-state index in [0.29, 0.717) is 31.3 Å². The summed E-state index contributed by atoms with van der Waals surface area (Å²) in [5.41, 5.74) is 2.56. The maximum absolute atomic E-state index is 13.7. The van der Waals surface area contributed by atoms with Crippen LogP contribution in [0, 0.1) is 5.92 Å². The summed E-state index contributed by atoms with van der Waals surface area (Å²) in [5.74, 6) is -1.38. The first-order valence-corrected chi connectivity index (χ1v) is 16.5. The zero-order valence-electron chi connectivity index (χ0n) is 27.1. The van der Waals surface area contributed by atoms with Gasteiger partial charge in [0.15, 0.2) is 0 Å². The number of anilines is 1. The van der Waals surface area contributed by atoms with E-state index < -0.39 is 24.0 Å². The van der Waals surface area contributed by atoms with E-state index in [-0.39, 0.29) is 37.5 Å². The van der Waals surface area contributed by atoms with Crippen LogP contribution in [-0.2, 0) is 14.3 Å². The molecule has 2 aromatic rings. The van der Waals surface area contributed by atoms with Gasteiger partial charge in [0.05, 0.1) is 12.3 Å². The average molecular weight is 637 g/mol. The third-order valence-corrected chi connectivity index (χ3v) is 8.66. The van der Waals surface area contributed by atoms with Crippen molar-refractivity contribution in [3.8, 4) is 11.3 Å². The van der Waals surface area contributed by atoms with Crippen molar-refractivity contribution >= 4 is 29.6 Å². The number of nitrogens with one attached hydrogen (secondary N) is 2. The highest BCUT2D eigenvalue weighted by atomic mass is 16.6. The molecule has 0 aliphatic carbocycles. The van der Waals surface area contributed by atoms with Crippen molar-refractivity contribution in [2.45, 2.75) is 57.9 Å². The largest absolute Gasteiger partial charge is 0.481 e. The normalized spacial score (nSPS) is 16.2. The van der Waals surface area contributed by atoms with Gasteiger partial charge in [-0.25, -0.2) is 9.78 Å². The van der Waals surface area contributed by atoms with E-state index in [0.717, 1.165) is 63.0 Å². The number of ether oxygens (including phenoxy) is 1. The number of aliphatic carboxylic acids is 1. The highest BCUT2D eigenvalue weighted by molar-refractivity contribution is 5.97. The van der Waals surface area contributed by atoms with Crippen molar-refractivity contribution in [1.82, 2.24) is 25.4 Å². The van der Waals surface area contributed by atoms with Crippen molar-refractivity contribution in [2.24, 2.45) is 5.92 Å². The van der Waals surface area contributed by atoms with Gasteiger partial charge in [0, 0.05) is 56.9 Å².